The van der Waals surface area contributed by atoms with Crippen molar-refractivity contribution in [1.82, 2.24) is 9.97 Å². The van der Waals surface area contributed by atoms with Crippen molar-refractivity contribution < 1.29 is 14.6 Å². The molecule has 0 radical (unpaired) electrons. The van der Waals surface area contributed by atoms with E-state index < -0.39 is 5.97 Å². The minimum Gasteiger partial charge on any atom is -0.496 e. The molecule has 0 aliphatic rings. The number of rotatable bonds is 5. The smallest absolute Gasteiger partial charge is 0.354 e. The zero-order valence-corrected chi connectivity index (χ0v) is 15.6. The number of benzene rings is 2. The summed E-state index contributed by atoms with van der Waals surface area (Å²) in [7, 11) is 1.65. The predicted molar refractivity (Wildman–Crippen MR) is 108 cm³/mol. The van der Waals surface area contributed by atoms with Gasteiger partial charge in [0.15, 0.2) is 0 Å². The van der Waals surface area contributed by atoms with Crippen LogP contribution in [-0.4, -0.2) is 28.2 Å². The van der Waals surface area contributed by atoms with E-state index in [-0.39, 0.29) is 11.6 Å². The minimum atomic E-state index is -1.04. The molecule has 2 N–H and O–H groups in total. The number of carbonyl (C=O) groups is 1. The molecule has 4 rings (SSSR count). The fourth-order valence-corrected chi connectivity index (χ4v) is 3.59. The van der Waals surface area contributed by atoms with Crippen molar-refractivity contribution in [3.05, 3.63) is 94.9 Å². The Labute approximate surface area is 162 Å². The average molecular weight is 372 g/mol. The molecule has 0 aliphatic heterocycles. The molecule has 2 aromatic carbocycles. The average Bonchev–Trinajstić information content (AvgIpc) is 3.13. The van der Waals surface area contributed by atoms with Gasteiger partial charge >= 0.3 is 5.97 Å². The first-order chi connectivity index (χ1) is 13.6. The van der Waals surface area contributed by atoms with Crippen LogP contribution in [0.4, 0.5) is 0 Å². The molecule has 140 valence electrons. The monoisotopic (exact) mass is 372 g/mol. The fourth-order valence-electron chi connectivity index (χ4n) is 3.59. The summed E-state index contributed by atoms with van der Waals surface area (Å²) in [6.07, 6.45) is 1.97. The lowest BCUT2D eigenvalue weighted by molar-refractivity contribution is 0.0690. The molecule has 0 saturated carbocycles. The van der Waals surface area contributed by atoms with Gasteiger partial charge in [-0.25, -0.2) is 9.78 Å². The number of H-pyrrole nitrogens is 1. The number of aromatic amines is 1. The number of pyridine rings is 1. The van der Waals surface area contributed by atoms with Crippen LogP contribution >= 0.6 is 0 Å². The van der Waals surface area contributed by atoms with E-state index in [1.807, 2.05) is 55.6 Å². The Morgan fingerprint density at radius 2 is 1.93 bits per heavy atom. The summed E-state index contributed by atoms with van der Waals surface area (Å²) < 4.78 is 5.52. The number of hydrogen-bond acceptors (Lipinski definition) is 3. The maximum Gasteiger partial charge on any atom is 0.354 e. The summed E-state index contributed by atoms with van der Waals surface area (Å²) in [5, 5.41) is 10.5. The molecule has 0 amide bonds. The van der Waals surface area contributed by atoms with Crippen LogP contribution in [0.5, 0.6) is 5.75 Å². The van der Waals surface area contributed by atoms with Crippen LogP contribution in [0, 0.1) is 6.92 Å². The number of methoxy groups -OCH3 is 1. The third-order valence-corrected chi connectivity index (χ3v) is 4.98. The van der Waals surface area contributed by atoms with Crippen molar-refractivity contribution >= 4 is 16.9 Å². The molecule has 2 heterocycles. The van der Waals surface area contributed by atoms with E-state index in [1.54, 1.807) is 13.2 Å². The number of carboxylic acids is 1. The Bertz CT molecular complexity index is 1160. The molecule has 28 heavy (non-hydrogen) atoms. The lowest BCUT2D eigenvalue weighted by Crippen LogP contribution is -2.09. The minimum absolute atomic E-state index is 0.0291. The van der Waals surface area contributed by atoms with Crippen LogP contribution in [0.15, 0.2) is 66.9 Å². The summed E-state index contributed by atoms with van der Waals surface area (Å²) in [6, 6.07) is 19.2. The van der Waals surface area contributed by atoms with Gasteiger partial charge in [-0.1, -0.05) is 36.4 Å². The lowest BCUT2D eigenvalue weighted by atomic mass is 9.87. The molecule has 0 spiro atoms. The van der Waals surface area contributed by atoms with Crippen LogP contribution in [0.25, 0.3) is 10.9 Å². The Kier molecular flexibility index (Phi) is 4.57. The number of carboxylic acid groups (broad SMARTS) is 1. The highest BCUT2D eigenvalue weighted by molar-refractivity contribution is 5.86. The Morgan fingerprint density at radius 3 is 2.71 bits per heavy atom. The van der Waals surface area contributed by atoms with Gasteiger partial charge in [0.25, 0.3) is 0 Å². The Hall–Kier alpha value is -3.60. The van der Waals surface area contributed by atoms with Gasteiger partial charge in [-0.2, -0.15) is 0 Å². The molecule has 0 saturated heterocycles. The van der Waals surface area contributed by atoms with Crippen molar-refractivity contribution in [2.24, 2.45) is 0 Å². The van der Waals surface area contributed by atoms with Crippen molar-refractivity contribution in [3.8, 4) is 5.75 Å². The van der Waals surface area contributed by atoms with Gasteiger partial charge in [-0.3, -0.25) is 0 Å². The SMILES string of the molecule is COc1cc(C(c2cccc(C(=O)O)n2)c2c[nH]c3ccccc23)ccc1C. The molecule has 5 heteroatoms. The van der Waals surface area contributed by atoms with Crippen molar-refractivity contribution in [3.63, 3.8) is 0 Å². The van der Waals surface area contributed by atoms with Crippen molar-refractivity contribution in [2.75, 3.05) is 7.11 Å². The zero-order valence-electron chi connectivity index (χ0n) is 15.6. The van der Waals surface area contributed by atoms with Crippen molar-refractivity contribution in [1.29, 1.82) is 0 Å². The zero-order chi connectivity index (χ0) is 19.7. The number of fused-ring (bicyclic) bond motifs is 1. The van der Waals surface area contributed by atoms with Gasteiger partial charge in [-0.15, -0.1) is 0 Å². The number of nitrogens with zero attached hydrogens (tertiary/aromatic N) is 1. The summed E-state index contributed by atoms with van der Waals surface area (Å²) >= 11 is 0. The van der Waals surface area contributed by atoms with Gasteiger partial charge in [-0.05, 0) is 47.9 Å². The van der Waals surface area contributed by atoms with Crippen LogP contribution < -0.4 is 4.74 Å². The highest BCUT2D eigenvalue weighted by Gasteiger charge is 2.23. The van der Waals surface area contributed by atoms with Crippen LogP contribution in [0.1, 0.15) is 38.8 Å². The van der Waals surface area contributed by atoms with E-state index in [4.69, 9.17) is 4.74 Å². The number of aromatic carboxylic acids is 1. The number of aromatic nitrogens is 2. The van der Waals surface area contributed by atoms with Gasteiger partial charge in [0.05, 0.1) is 18.7 Å². The summed E-state index contributed by atoms with van der Waals surface area (Å²) in [5.74, 6) is -0.484. The fraction of sp³-hybridized carbons (Fsp3) is 0.130. The molecule has 2 aromatic heterocycles. The normalized spacial score (nSPS) is 12.1. The van der Waals surface area contributed by atoms with Crippen LogP contribution in [0.2, 0.25) is 0 Å². The second-order valence-corrected chi connectivity index (χ2v) is 6.70. The molecule has 0 aliphatic carbocycles. The number of para-hydroxylation sites is 1. The van der Waals surface area contributed by atoms with E-state index in [2.05, 4.69) is 16.0 Å². The Balaban J connectivity index is 1.96. The number of aryl methyl sites for hydroxylation is 1. The number of nitrogens with one attached hydrogen (secondary N) is 1. The molecule has 0 bridgehead atoms. The molecular weight excluding hydrogens is 352 g/mol. The first-order valence-corrected chi connectivity index (χ1v) is 8.99. The quantitative estimate of drug-likeness (QED) is 0.530. The third kappa shape index (κ3) is 3.11. The van der Waals surface area contributed by atoms with Crippen LogP contribution in [0.3, 0.4) is 0 Å². The number of ether oxygens (including phenoxy) is 1. The van der Waals surface area contributed by atoms with Gasteiger partial charge in [0.1, 0.15) is 11.4 Å². The predicted octanol–water partition coefficient (Wildman–Crippen LogP) is 4.76. The standard InChI is InChI=1S/C23H20N2O3/c1-14-10-11-15(12-21(14)28-2)22(19-8-5-9-20(25-19)23(26)27)17-13-24-18-7-4-3-6-16(17)18/h3-13,22,24H,1-2H3,(H,26,27). The highest BCUT2D eigenvalue weighted by atomic mass is 16.5. The first-order valence-electron chi connectivity index (χ1n) is 8.99. The molecule has 4 aromatic rings. The van der Waals surface area contributed by atoms with E-state index in [0.717, 1.165) is 33.3 Å². The van der Waals surface area contributed by atoms with E-state index in [9.17, 15) is 9.90 Å². The molecule has 1 atom stereocenters. The second-order valence-electron chi connectivity index (χ2n) is 6.70. The molecule has 0 fully saturated rings. The highest BCUT2D eigenvalue weighted by Crippen LogP contribution is 2.37. The van der Waals surface area contributed by atoms with E-state index in [1.165, 1.54) is 6.07 Å². The lowest BCUT2D eigenvalue weighted by Gasteiger charge is -2.19. The van der Waals surface area contributed by atoms with Crippen LogP contribution in [-0.2, 0) is 0 Å². The summed E-state index contributed by atoms with van der Waals surface area (Å²) in [5.41, 5.74) is 4.79. The third-order valence-electron chi connectivity index (χ3n) is 4.98. The molecule has 5 nitrogen and oxygen atoms in total. The first kappa shape index (κ1) is 17.8. The number of hydrogen-bond donors (Lipinski definition) is 2. The molecule has 1 unspecified atom stereocenters. The second kappa shape index (κ2) is 7.19. The topological polar surface area (TPSA) is 75.2 Å². The maximum atomic E-state index is 11.5. The van der Waals surface area contributed by atoms with Gasteiger partial charge in [0.2, 0.25) is 0 Å². The summed E-state index contributed by atoms with van der Waals surface area (Å²) in [6.45, 7) is 1.99. The van der Waals surface area contributed by atoms with Gasteiger partial charge in [0, 0.05) is 17.1 Å². The van der Waals surface area contributed by atoms with E-state index in [0.29, 0.717) is 5.69 Å². The Morgan fingerprint density at radius 1 is 1.11 bits per heavy atom. The van der Waals surface area contributed by atoms with Crippen molar-refractivity contribution in [2.45, 2.75) is 12.8 Å². The largest absolute Gasteiger partial charge is 0.496 e. The summed E-state index contributed by atoms with van der Waals surface area (Å²) in [4.78, 5) is 19.2. The maximum absolute atomic E-state index is 11.5. The van der Waals surface area contributed by atoms with Gasteiger partial charge < -0.3 is 14.8 Å². The van der Waals surface area contributed by atoms with E-state index >= 15 is 0 Å². The molecular formula is C23H20N2O3.